The van der Waals surface area contributed by atoms with Crippen LogP contribution in [0.25, 0.3) is 0 Å². The van der Waals surface area contributed by atoms with Gasteiger partial charge in [0, 0.05) is 16.1 Å². The van der Waals surface area contributed by atoms with Crippen LogP contribution in [0.5, 0.6) is 0 Å². The number of amides is 2. The van der Waals surface area contributed by atoms with Gasteiger partial charge in [-0.3, -0.25) is 15.0 Å². The Morgan fingerprint density at radius 3 is 2.00 bits per heavy atom. The zero-order valence-corrected chi connectivity index (χ0v) is 17.1. The molecule has 0 spiro atoms. The van der Waals surface area contributed by atoms with Crippen molar-refractivity contribution < 1.29 is 9.59 Å². The van der Waals surface area contributed by atoms with E-state index in [-0.39, 0.29) is 5.02 Å². The Morgan fingerprint density at radius 1 is 0.885 bits per heavy atom. The first-order chi connectivity index (χ1) is 12.0. The Morgan fingerprint density at radius 2 is 1.46 bits per heavy atom. The lowest BCUT2D eigenvalue weighted by atomic mass is 10.1. The van der Waals surface area contributed by atoms with Crippen LogP contribution in [0, 0.1) is 6.92 Å². The first-order valence-corrected chi connectivity index (χ1v) is 9.01. The molecule has 2 aromatic carbocycles. The monoisotopic (exact) mass is 412 g/mol. The number of hydrogen-bond acceptors (Lipinski definition) is 2. The summed E-state index contributed by atoms with van der Waals surface area (Å²) in [4.78, 5) is 25.5. The van der Waals surface area contributed by atoms with Gasteiger partial charge in [-0.15, -0.1) is 0 Å². The van der Waals surface area contributed by atoms with Crippen molar-refractivity contribution in [2.24, 2.45) is 0 Å². The number of hydrazine groups is 1. The third-order valence-corrected chi connectivity index (χ3v) is 4.83. The number of rotatable bonds is 2. The highest BCUT2D eigenvalue weighted by molar-refractivity contribution is 6.42. The predicted molar refractivity (Wildman–Crippen MR) is 106 cm³/mol. The number of hydrogen-bond donors (Lipinski definition) is 1. The van der Waals surface area contributed by atoms with E-state index in [0.29, 0.717) is 21.2 Å². The summed E-state index contributed by atoms with van der Waals surface area (Å²) in [6, 6.07) is 9.54. The summed E-state index contributed by atoms with van der Waals surface area (Å²) in [7, 11) is 0. The van der Waals surface area contributed by atoms with Crippen LogP contribution in [0.1, 0.15) is 47.1 Å². The van der Waals surface area contributed by atoms with Crippen LogP contribution >= 0.6 is 34.8 Å². The molecule has 0 bridgehead atoms. The van der Waals surface area contributed by atoms with Crippen LogP contribution in [0.15, 0.2) is 36.4 Å². The Labute approximate surface area is 168 Å². The zero-order chi connectivity index (χ0) is 19.6. The van der Waals surface area contributed by atoms with E-state index in [0.717, 1.165) is 5.56 Å². The Kier molecular flexibility index (Phi) is 6.22. The molecule has 0 aliphatic heterocycles. The molecular formula is C19H19Cl3N2O2. The second kappa shape index (κ2) is 7.87. The Hall–Kier alpha value is -1.75. The molecule has 2 rings (SSSR count). The minimum Gasteiger partial charge on any atom is -0.267 e. The van der Waals surface area contributed by atoms with Gasteiger partial charge in [0.2, 0.25) is 0 Å². The van der Waals surface area contributed by atoms with E-state index in [2.05, 4.69) is 5.43 Å². The molecule has 0 unspecified atom stereocenters. The molecule has 4 nitrogen and oxygen atoms in total. The molecular weight excluding hydrogens is 395 g/mol. The number of nitrogens with zero attached hydrogens (tertiary/aromatic N) is 1. The molecule has 0 fully saturated rings. The summed E-state index contributed by atoms with van der Waals surface area (Å²) in [5.41, 5.74) is 3.53. The smallest absolute Gasteiger partial charge is 0.267 e. The third-order valence-electron chi connectivity index (χ3n) is 3.69. The molecule has 0 aliphatic rings. The van der Waals surface area contributed by atoms with Crippen molar-refractivity contribution in [3.05, 3.63) is 68.2 Å². The maximum atomic E-state index is 12.9. The molecule has 26 heavy (non-hydrogen) atoms. The van der Waals surface area contributed by atoms with E-state index in [1.807, 2.05) is 27.7 Å². The van der Waals surface area contributed by atoms with Gasteiger partial charge < -0.3 is 0 Å². The van der Waals surface area contributed by atoms with E-state index in [9.17, 15) is 9.59 Å². The molecule has 0 aliphatic carbocycles. The number of carbonyl (C=O) groups is 2. The number of carbonyl (C=O) groups excluding carboxylic acids is 2. The minimum absolute atomic E-state index is 0.267. The third kappa shape index (κ3) is 4.70. The number of aryl methyl sites for hydroxylation is 1. The summed E-state index contributed by atoms with van der Waals surface area (Å²) in [6.45, 7) is 7.28. The highest BCUT2D eigenvalue weighted by Gasteiger charge is 2.30. The van der Waals surface area contributed by atoms with Crippen LogP contribution in [0.2, 0.25) is 15.1 Å². The average Bonchev–Trinajstić information content (AvgIpc) is 2.55. The van der Waals surface area contributed by atoms with Crippen molar-refractivity contribution in [2.45, 2.75) is 33.2 Å². The van der Waals surface area contributed by atoms with Crippen LogP contribution in [0.3, 0.4) is 0 Å². The van der Waals surface area contributed by atoms with Crippen molar-refractivity contribution >= 4 is 46.6 Å². The van der Waals surface area contributed by atoms with E-state index in [1.54, 1.807) is 30.3 Å². The fourth-order valence-electron chi connectivity index (χ4n) is 2.18. The highest BCUT2D eigenvalue weighted by Crippen LogP contribution is 2.25. The first-order valence-electron chi connectivity index (χ1n) is 7.87. The molecule has 138 valence electrons. The summed E-state index contributed by atoms with van der Waals surface area (Å²) in [5, 5.41) is 2.37. The second-order valence-electron chi connectivity index (χ2n) is 6.85. The fourth-order valence-corrected chi connectivity index (χ4v) is 2.66. The van der Waals surface area contributed by atoms with E-state index in [1.165, 1.54) is 11.1 Å². The lowest BCUT2D eigenvalue weighted by Gasteiger charge is -2.35. The molecule has 0 atom stereocenters. The molecule has 2 amide bonds. The van der Waals surface area contributed by atoms with Crippen LogP contribution in [-0.2, 0) is 0 Å². The quantitative estimate of drug-likeness (QED) is 0.657. The lowest BCUT2D eigenvalue weighted by Crippen LogP contribution is -2.55. The normalized spacial score (nSPS) is 11.2. The van der Waals surface area contributed by atoms with Gasteiger partial charge in [0.15, 0.2) is 0 Å². The van der Waals surface area contributed by atoms with E-state index in [4.69, 9.17) is 34.8 Å². The lowest BCUT2D eigenvalue weighted by molar-refractivity contribution is 0.0358. The maximum absolute atomic E-state index is 12.9. The second-order valence-corrected chi connectivity index (χ2v) is 8.07. The van der Waals surface area contributed by atoms with Gasteiger partial charge in [-0.25, -0.2) is 5.01 Å². The minimum atomic E-state index is -0.673. The van der Waals surface area contributed by atoms with Gasteiger partial charge in [-0.05, 0) is 63.6 Å². The SMILES string of the molecule is Cc1ccc(C(=O)NN(C(=O)c2ccc(Cl)c(Cl)c2)C(C)(C)C)cc1Cl. The maximum Gasteiger partial charge on any atom is 0.272 e. The number of benzene rings is 2. The Balaban J connectivity index is 2.32. The molecule has 0 aromatic heterocycles. The first kappa shape index (κ1) is 20.6. The molecule has 2 aromatic rings. The van der Waals surface area contributed by atoms with E-state index >= 15 is 0 Å². The van der Waals surface area contributed by atoms with E-state index < -0.39 is 17.4 Å². The molecule has 7 heteroatoms. The summed E-state index contributed by atoms with van der Waals surface area (Å²) in [6.07, 6.45) is 0. The fraction of sp³-hybridized carbons (Fsp3) is 0.263. The van der Waals surface area contributed by atoms with Gasteiger partial charge >= 0.3 is 0 Å². The molecule has 1 N–H and O–H groups in total. The van der Waals surface area contributed by atoms with Crippen molar-refractivity contribution in [1.82, 2.24) is 10.4 Å². The van der Waals surface area contributed by atoms with Crippen LogP contribution < -0.4 is 5.43 Å². The molecule has 0 saturated heterocycles. The molecule has 0 radical (unpaired) electrons. The van der Waals surface area contributed by atoms with Crippen molar-refractivity contribution in [3.63, 3.8) is 0 Å². The average molecular weight is 414 g/mol. The summed E-state index contributed by atoms with van der Waals surface area (Å²) < 4.78 is 0. The summed E-state index contributed by atoms with van der Waals surface area (Å²) >= 11 is 18.0. The number of halogens is 3. The predicted octanol–water partition coefficient (Wildman–Crippen LogP) is 5.54. The largest absolute Gasteiger partial charge is 0.272 e. The van der Waals surface area contributed by atoms with Gasteiger partial charge in [-0.1, -0.05) is 40.9 Å². The van der Waals surface area contributed by atoms with Gasteiger partial charge in [0.1, 0.15) is 0 Å². The van der Waals surface area contributed by atoms with Crippen molar-refractivity contribution in [1.29, 1.82) is 0 Å². The highest BCUT2D eigenvalue weighted by atomic mass is 35.5. The topological polar surface area (TPSA) is 49.4 Å². The van der Waals surface area contributed by atoms with Gasteiger partial charge in [-0.2, -0.15) is 0 Å². The van der Waals surface area contributed by atoms with Crippen LogP contribution in [0.4, 0.5) is 0 Å². The van der Waals surface area contributed by atoms with Gasteiger partial charge in [0.25, 0.3) is 11.8 Å². The van der Waals surface area contributed by atoms with Crippen molar-refractivity contribution in [2.75, 3.05) is 0 Å². The molecule has 0 saturated carbocycles. The van der Waals surface area contributed by atoms with Crippen molar-refractivity contribution in [3.8, 4) is 0 Å². The standard InChI is InChI=1S/C19H19Cl3N2O2/c1-11-5-6-12(9-15(11)21)17(25)23-24(19(2,3)4)18(26)13-7-8-14(20)16(22)10-13/h5-10H,1-4H3,(H,23,25). The Bertz CT molecular complexity index is 860. The number of nitrogens with one attached hydrogen (secondary N) is 1. The van der Waals surface area contributed by atoms with Gasteiger partial charge in [0.05, 0.1) is 15.6 Å². The van der Waals surface area contributed by atoms with Crippen LogP contribution in [-0.4, -0.2) is 22.4 Å². The molecule has 0 heterocycles. The summed E-state index contributed by atoms with van der Waals surface area (Å²) in [5.74, 6) is -0.835. The zero-order valence-electron chi connectivity index (χ0n) is 14.9.